The average Bonchev–Trinajstić information content (AvgIpc) is 3.71. The van der Waals surface area contributed by atoms with Crippen molar-refractivity contribution < 1.29 is 0 Å². The van der Waals surface area contributed by atoms with Gasteiger partial charge in [0, 0.05) is 37.9 Å². The molecule has 0 unspecified atom stereocenters. The lowest BCUT2D eigenvalue weighted by molar-refractivity contribution is 1.01. The minimum Gasteiger partial charge on any atom is -0.292 e. The van der Waals surface area contributed by atoms with Crippen LogP contribution in [-0.4, -0.2) is 23.9 Å². The number of aromatic nitrogens is 5. The number of nitrogens with zero attached hydrogens (tertiary/aromatic N) is 5. The van der Waals surface area contributed by atoms with E-state index < -0.39 is 0 Å². The topological polar surface area (TPSA) is 48.0 Å². The van der Waals surface area contributed by atoms with E-state index in [1.807, 2.05) is 12.1 Å². The van der Waals surface area contributed by atoms with Gasteiger partial charge in [0.2, 0.25) is 5.95 Å². The quantitative estimate of drug-likeness (QED) is 0.183. The summed E-state index contributed by atoms with van der Waals surface area (Å²) < 4.78 is 4.55. The van der Waals surface area contributed by atoms with Crippen LogP contribution in [0.4, 0.5) is 0 Å². The molecule has 0 bridgehead atoms. The fourth-order valence-electron chi connectivity index (χ4n) is 7.76. The third-order valence-corrected chi connectivity index (χ3v) is 9.87. The number of para-hydroxylation sites is 3. The summed E-state index contributed by atoms with van der Waals surface area (Å²) in [5, 5.41) is 9.20. The lowest BCUT2D eigenvalue weighted by atomic mass is 10.0. The number of fused-ring (bicyclic) bond motifs is 14. The van der Waals surface area contributed by atoms with E-state index >= 15 is 0 Å². The molecule has 5 nitrogen and oxygen atoms in total. The molecule has 0 saturated heterocycles. The van der Waals surface area contributed by atoms with Crippen molar-refractivity contribution in [2.24, 2.45) is 0 Å². The first-order chi connectivity index (χ1) is 23.8. The van der Waals surface area contributed by atoms with E-state index in [2.05, 4.69) is 148 Å². The van der Waals surface area contributed by atoms with Gasteiger partial charge in [0.15, 0.2) is 0 Å². The van der Waals surface area contributed by atoms with Gasteiger partial charge in [-0.15, -0.1) is 0 Å². The molecule has 11 rings (SSSR count). The molecule has 0 spiro atoms. The monoisotopic (exact) mass is 611 g/mol. The number of hydrogen-bond donors (Lipinski definition) is 0. The van der Waals surface area contributed by atoms with Crippen LogP contribution in [0, 0.1) is 0 Å². The fraction of sp³-hybridized carbons (Fsp3) is 0. The van der Waals surface area contributed by atoms with Crippen molar-refractivity contribution >= 4 is 81.8 Å². The Kier molecular flexibility index (Phi) is 5.05. The molecule has 0 saturated carbocycles. The zero-order chi connectivity index (χ0) is 31.3. The van der Waals surface area contributed by atoms with E-state index in [-0.39, 0.29) is 0 Å². The number of rotatable bonds is 2. The van der Waals surface area contributed by atoms with E-state index in [1.165, 1.54) is 16.2 Å². The predicted molar refractivity (Wildman–Crippen MR) is 198 cm³/mol. The van der Waals surface area contributed by atoms with E-state index in [9.17, 15) is 0 Å². The molecule has 4 heterocycles. The van der Waals surface area contributed by atoms with Gasteiger partial charge in [0.05, 0.1) is 38.8 Å². The summed E-state index contributed by atoms with van der Waals surface area (Å²) in [5.74, 6) is 0.650. The normalized spacial score (nSPS) is 12.2. The van der Waals surface area contributed by atoms with Gasteiger partial charge < -0.3 is 0 Å². The molecule has 4 aromatic heterocycles. The van der Waals surface area contributed by atoms with Crippen LogP contribution >= 0.6 is 0 Å². The van der Waals surface area contributed by atoms with Crippen LogP contribution < -0.4 is 0 Å². The second kappa shape index (κ2) is 9.47. The molecule has 11 aromatic rings. The van der Waals surface area contributed by atoms with Gasteiger partial charge in [-0.1, -0.05) is 115 Å². The van der Waals surface area contributed by atoms with Crippen molar-refractivity contribution in [2.45, 2.75) is 0 Å². The molecule has 0 amide bonds. The Morgan fingerprint density at radius 3 is 1.90 bits per heavy atom. The van der Waals surface area contributed by atoms with Gasteiger partial charge in [-0.05, 0) is 47.2 Å². The highest BCUT2D eigenvalue weighted by Crippen LogP contribution is 2.39. The Labute approximate surface area is 274 Å². The molecule has 7 aromatic carbocycles. The third kappa shape index (κ3) is 3.42. The number of hydrogen-bond acceptors (Lipinski definition) is 3. The number of imidazole rings is 1. The van der Waals surface area contributed by atoms with E-state index in [4.69, 9.17) is 15.0 Å². The Bertz CT molecular complexity index is 3120. The lowest BCUT2D eigenvalue weighted by Crippen LogP contribution is -2.03. The highest BCUT2D eigenvalue weighted by molar-refractivity contribution is 6.20. The van der Waals surface area contributed by atoms with Crippen LogP contribution in [0.15, 0.2) is 152 Å². The maximum absolute atomic E-state index is 5.40. The van der Waals surface area contributed by atoms with Crippen LogP contribution in [0.5, 0.6) is 0 Å². The Morgan fingerprint density at radius 2 is 1.06 bits per heavy atom. The molecular weight excluding hydrogens is 587 g/mol. The lowest BCUT2D eigenvalue weighted by Gasteiger charge is -2.12. The molecule has 0 aliphatic rings. The summed E-state index contributed by atoms with van der Waals surface area (Å²) in [6.07, 6.45) is 0. The molecule has 0 aliphatic heterocycles. The Morgan fingerprint density at radius 1 is 0.396 bits per heavy atom. The zero-order valence-electron chi connectivity index (χ0n) is 25.7. The smallest absolute Gasteiger partial charge is 0.235 e. The van der Waals surface area contributed by atoms with Crippen LogP contribution in [0.3, 0.4) is 0 Å². The summed E-state index contributed by atoms with van der Waals surface area (Å²) >= 11 is 0. The summed E-state index contributed by atoms with van der Waals surface area (Å²) in [6, 6.07) is 53.5. The SMILES string of the molecule is c1ccc(-c2nc(-n3c4ccccc4c4cc5ccc6c(nc7c8ccccc8c8ccccc8n67)c5cc43)nc3ccccc23)cc1. The van der Waals surface area contributed by atoms with Crippen molar-refractivity contribution in [3.05, 3.63) is 152 Å². The molecule has 0 fully saturated rings. The van der Waals surface area contributed by atoms with Gasteiger partial charge in [0.1, 0.15) is 5.65 Å². The average molecular weight is 612 g/mol. The first-order valence-corrected chi connectivity index (χ1v) is 16.2. The van der Waals surface area contributed by atoms with Crippen LogP contribution in [-0.2, 0) is 0 Å². The molecule has 0 radical (unpaired) electrons. The highest BCUT2D eigenvalue weighted by atomic mass is 15.2. The van der Waals surface area contributed by atoms with Gasteiger partial charge in [0.25, 0.3) is 0 Å². The van der Waals surface area contributed by atoms with Crippen LogP contribution in [0.1, 0.15) is 0 Å². The number of pyridine rings is 1. The standard InChI is InChI=1S/C43H25N5/c1-2-12-26(13-3-1)40-32-18-6-9-19-35(32)44-43(46-40)48-37-21-11-8-16-30(37)34-24-27-22-23-38-41(33(27)25-39(34)48)45-42-31-17-5-4-14-28(31)29-15-7-10-20-36(29)47(38)42/h1-25H. The fourth-order valence-corrected chi connectivity index (χ4v) is 7.76. The molecule has 0 N–H and O–H groups in total. The van der Waals surface area contributed by atoms with Crippen molar-refractivity contribution in [1.29, 1.82) is 0 Å². The first-order valence-electron chi connectivity index (χ1n) is 16.2. The summed E-state index contributed by atoms with van der Waals surface area (Å²) in [6.45, 7) is 0. The van der Waals surface area contributed by atoms with Crippen molar-refractivity contribution in [1.82, 2.24) is 23.9 Å². The van der Waals surface area contributed by atoms with Crippen LogP contribution in [0.2, 0.25) is 0 Å². The molecule has 0 atom stereocenters. The van der Waals surface area contributed by atoms with Gasteiger partial charge in [-0.3, -0.25) is 8.97 Å². The molecule has 222 valence electrons. The van der Waals surface area contributed by atoms with Gasteiger partial charge in [-0.25, -0.2) is 15.0 Å². The van der Waals surface area contributed by atoms with E-state index in [0.717, 1.165) is 76.9 Å². The largest absolute Gasteiger partial charge is 0.292 e. The number of benzene rings is 7. The van der Waals surface area contributed by atoms with Crippen molar-refractivity contribution in [3.63, 3.8) is 0 Å². The Balaban J connectivity index is 1.28. The van der Waals surface area contributed by atoms with E-state index in [0.29, 0.717) is 5.95 Å². The molecule has 48 heavy (non-hydrogen) atoms. The molecule has 5 heteroatoms. The second-order valence-electron chi connectivity index (χ2n) is 12.5. The predicted octanol–water partition coefficient (Wildman–Crippen LogP) is 10.7. The zero-order valence-corrected chi connectivity index (χ0v) is 25.7. The highest BCUT2D eigenvalue weighted by Gasteiger charge is 2.20. The molecular formula is C43H25N5. The summed E-state index contributed by atoms with van der Waals surface area (Å²) in [4.78, 5) is 15.9. The van der Waals surface area contributed by atoms with Gasteiger partial charge >= 0.3 is 0 Å². The summed E-state index contributed by atoms with van der Waals surface area (Å²) in [7, 11) is 0. The van der Waals surface area contributed by atoms with Gasteiger partial charge in [-0.2, -0.15) is 0 Å². The van der Waals surface area contributed by atoms with E-state index in [1.54, 1.807) is 0 Å². The summed E-state index contributed by atoms with van der Waals surface area (Å²) in [5.41, 5.74) is 9.22. The van der Waals surface area contributed by atoms with Crippen molar-refractivity contribution in [2.75, 3.05) is 0 Å². The Hall–Kier alpha value is -6.59. The maximum Gasteiger partial charge on any atom is 0.235 e. The second-order valence-corrected chi connectivity index (χ2v) is 12.5. The minimum atomic E-state index is 0.650. The third-order valence-electron chi connectivity index (χ3n) is 9.87. The van der Waals surface area contributed by atoms with Crippen molar-refractivity contribution in [3.8, 4) is 17.2 Å². The first kappa shape index (κ1) is 25.6. The van der Waals surface area contributed by atoms with Crippen LogP contribution in [0.25, 0.3) is 99.0 Å². The minimum absolute atomic E-state index is 0.650. The molecule has 0 aliphatic carbocycles. The maximum atomic E-state index is 5.40.